The lowest BCUT2D eigenvalue weighted by molar-refractivity contribution is 0.126. The Morgan fingerprint density at radius 2 is 2.00 bits per heavy atom. The number of nitrogens with zero attached hydrogens (tertiary/aromatic N) is 2. The van der Waals surface area contributed by atoms with Crippen LogP contribution in [-0.2, 0) is 6.42 Å². The van der Waals surface area contributed by atoms with Gasteiger partial charge in [-0.3, -0.25) is 0 Å². The maximum atomic E-state index is 12.8. The van der Waals surface area contributed by atoms with E-state index in [4.69, 9.17) is 0 Å². The van der Waals surface area contributed by atoms with Gasteiger partial charge in [-0.1, -0.05) is 43.7 Å². The van der Waals surface area contributed by atoms with Gasteiger partial charge in [-0.25, -0.2) is 4.39 Å². The number of rotatable bonds is 7. The number of hydrogen-bond acceptors (Lipinski definition) is 5. The maximum Gasteiger partial charge on any atom is 0.205 e. The summed E-state index contributed by atoms with van der Waals surface area (Å²) in [7, 11) is 0. The van der Waals surface area contributed by atoms with Gasteiger partial charge in [0.05, 0.1) is 6.10 Å². The van der Waals surface area contributed by atoms with E-state index in [2.05, 4.69) is 22.4 Å². The molecule has 1 heterocycles. The average molecular weight is 309 g/mol. The summed E-state index contributed by atoms with van der Waals surface area (Å²) in [6, 6.07) is 6.38. The summed E-state index contributed by atoms with van der Waals surface area (Å²) < 4.78 is 12.8. The molecule has 0 bridgehead atoms. The van der Waals surface area contributed by atoms with Crippen molar-refractivity contribution in [2.45, 2.75) is 32.8 Å². The van der Waals surface area contributed by atoms with Gasteiger partial charge in [0.2, 0.25) is 5.13 Å². The molecule has 0 aliphatic heterocycles. The number of aliphatic hydroxyl groups excluding tert-OH is 1. The number of hydrogen-bond donors (Lipinski definition) is 2. The van der Waals surface area contributed by atoms with Crippen molar-refractivity contribution in [2.24, 2.45) is 5.92 Å². The molecule has 0 saturated heterocycles. The highest BCUT2D eigenvalue weighted by molar-refractivity contribution is 7.15. The second-order valence-electron chi connectivity index (χ2n) is 5.14. The first-order chi connectivity index (χ1) is 10.1. The third-order valence-electron chi connectivity index (χ3n) is 3.50. The highest BCUT2D eigenvalue weighted by atomic mass is 32.1. The van der Waals surface area contributed by atoms with Crippen LogP contribution >= 0.6 is 11.3 Å². The number of aromatic nitrogens is 2. The van der Waals surface area contributed by atoms with Crippen LogP contribution in [0.5, 0.6) is 0 Å². The molecule has 2 aromatic rings. The van der Waals surface area contributed by atoms with Gasteiger partial charge in [-0.15, -0.1) is 10.2 Å². The van der Waals surface area contributed by atoms with E-state index >= 15 is 0 Å². The maximum absolute atomic E-state index is 12.8. The fourth-order valence-corrected chi connectivity index (χ4v) is 2.62. The van der Waals surface area contributed by atoms with Gasteiger partial charge < -0.3 is 10.4 Å². The summed E-state index contributed by atoms with van der Waals surface area (Å²) in [6.07, 6.45) is 1.18. The fourth-order valence-electron chi connectivity index (χ4n) is 1.84. The van der Waals surface area contributed by atoms with Gasteiger partial charge >= 0.3 is 0 Å². The number of halogens is 1. The summed E-state index contributed by atoms with van der Waals surface area (Å²) in [6.45, 7) is 4.55. The standard InChI is InChI=1S/C15H20FN3OS/c1-3-10(2)13(20)9-17-15-19-18-14(21-15)8-11-4-6-12(16)7-5-11/h4-7,10,13,20H,3,8-9H2,1-2H3,(H,17,19). The molecule has 114 valence electrons. The molecule has 1 aromatic carbocycles. The molecule has 0 spiro atoms. The van der Waals surface area contributed by atoms with Crippen LogP contribution < -0.4 is 5.32 Å². The molecule has 0 aliphatic rings. The minimum atomic E-state index is -0.389. The predicted octanol–water partition coefficient (Wildman–Crippen LogP) is 3.09. The molecule has 2 atom stereocenters. The first kappa shape index (κ1) is 15.9. The van der Waals surface area contributed by atoms with E-state index in [0.29, 0.717) is 18.1 Å². The van der Waals surface area contributed by atoms with Crippen LogP contribution in [0.1, 0.15) is 30.8 Å². The number of aliphatic hydroxyl groups is 1. The fraction of sp³-hybridized carbons (Fsp3) is 0.467. The molecule has 4 nitrogen and oxygen atoms in total. The van der Waals surface area contributed by atoms with Gasteiger partial charge in [0, 0.05) is 13.0 Å². The molecule has 0 saturated carbocycles. The highest BCUT2D eigenvalue weighted by Gasteiger charge is 2.13. The Balaban J connectivity index is 1.88. The van der Waals surface area contributed by atoms with E-state index in [9.17, 15) is 9.50 Å². The van der Waals surface area contributed by atoms with Crippen LogP contribution in [0.25, 0.3) is 0 Å². The Labute approximate surface area is 128 Å². The number of benzene rings is 1. The Hall–Kier alpha value is -1.53. The Bertz CT molecular complexity index is 558. The van der Waals surface area contributed by atoms with Crippen molar-refractivity contribution in [3.8, 4) is 0 Å². The van der Waals surface area contributed by atoms with Gasteiger partial charge in [0.15, 0.2) is 0 Å². The second-order valence-corrected chi connectivity index (χ2v) is 6.20. The summed E-state index contributed by atoms with van der Waals surface area (Å²) >= 11 is 1.46. The largest absolute Gasteiger partial charge is 0.391 e. The van der Waals surface area contributed by atoms with E-state index in [0.717, 1.165) is 17.0 Å². The first-order valence-electron chi connectivity index (χ1n) is 7.07. The zero-order valence-corrected chi connectivity index (χ0v) is 13.0. The third kappa shape index (κ3) is 4.75. The summed E-state index contributed by atoms with van der Waals surface area (Å²) in [5.41, 5.74) is 0.999. The lowest BCUT2D eigenvalue weighted by Gasteiger charge is -2.16. The molecule has 0 fully saturated rings. The van der Waals surface area contributed by atoms with Crippen molar-refractivity contribution in [1.29, 1.82) is 0 Å². The molecule has 0 aliphatic carbocycles. The van der Waals surface area contributed by atoms with Crippen LogP contribution in [0.15, 0.2) is 24.3 Å². The van der Waals surface area contributed by atoms with Crippen LogP contribution in [-0.4, -0.2) is 28.0 Å². The molecule has 0 amide bonds. The zero-order chi connectivity index (χ0) is 15.2. The predicted molar refractivity (Wildman–Crippen MR) is 83.1 cm³/mol. The molecule has 0 radical (unpaired) electrons. The average Bonchev–Trinajstić information content (AvgIpc) is 2.94. The SMILES string of the molecule is CCC(C)C(O)CNc1nnc(Cc2ccc(F)cc2)s1. The number of nitrogens with one attached hydrogen (secondary N) is 1. The molecule has 2 rings (SSSR count). The van der Waals surface area contributed by atoms with Crippen LogP contribution in [0, 0.1) is 11.7 Å². The van der Waals surface area contributed by atoms with Crippen molar-refractivity contribution in [3.05, 3.63) is 40.7 Å². The van der Waals surface area contributed by atoms with E-state index in [1.165, 1.54) is 23.5 Å². The lowest BCUT2D eigenvalue weighted by atomic mass is 10.0. The molecule has 21 heavy (non-hydrogen) atoms. The van der Waals surface area contributed by atoms with Gasteiger partial charge in [-0.2, -0.15) is 0 Å². The van der Waals surface area contributed by atoms with Crippen molar-refractivity contribution < 1.29 is 9.50 Å². The normalized spacial score (nSPS) is 13.9. The quantitative estimate of drug-likeness (QED) is 0.825. The first-order valence-corrected chi connectivity index (χ1v) is 7.89. The summed E-state index contributed by atoms with van der Waals surface area (Å²) in [5, 5.41) is 22.7. The molecule has 1 aromatic heterocycles. The van der Waals surface area contributed by atoms with E-state index in [1.54, 1.807) is 12.1 Å². The molecular weight excluding hydrogens is 289 g/mol. The summed E-state index contributed by atoms with van der Waals surface area (Å²) in [4.78, 5) is 0. The Morgan fingerprint density at radius 1 is 1.29 bits per heavy atom. The third-order valence-corrected chi connectivity index (χ3v) is 4.38. The van der Waals surface area contributed by atoms with Crippen LogP contribution in [0.4, 0.5) is 9.52 Å². The second kappa shape index (κ2) is 7.47. The van der Waals surface area contributed by atoms with Crippen LogP contribution in [0.2, 0.25) is 0 Å². The topological polar surface area (TPSA) is 58.0 Å². The Morgan fingerprint density at radius 3 is 2.67 bits per heavy atom. The van der Waals surface area contributed by atoms with E-state index < -0.39 is 0 Å². The van der Waals surface area contributed by atoms with Gasteiger partial charge in [-0.05, 0) is 23.6 Å². The number of anilines is 1. The van der Waals surface area contributed by atoms with E-state index in [-0.39, 0.29) is 17.8 Å². The van der Waals surface area contributed by atoms with Crippen molar-refractivity contribution in [3.63, 3.8) is 0 Å². The van der Waals surface area contributed by atoms with Gasteiger partial charge in [0.25, 0.3) is 0 Å². The summed E-state index contributed by atoms with van der Waals surface area (Å²) in [5.74, 6) is 0.0153. The molecule has 6 heteroatoms. The Kier molecular flexibility index (Phi) is 5.64. The smallest absolute Gasteiger partial charge is 0.205 e. The van der Waals surface area contributed by atoms with Crippen molar-refractivity contribution >= 4 is 16.5 Å². The van der Waals surface area contributed by atoms with E-state index in [1.807, 2.05) is 6.92 Å². The molecule has 2 unspecified atom stereocenters. The minimum Gasteiger partial charge on any atom is -0.391 e. The van der Waals surface area contributed by atoms with Crippen molar-refractivity contribution in [2.75, 3.05) is 11.9 Å². The lowest BCUT2D eigenvalue weighted by Crippen LogP contribution is -2.26. The van der Waals surface area contributed by atoms with Crippen LogP contribution in [0.3, 0.4) is 0 Å². The zero-order valence-electron chi connectivity index (χ0n) is 12.2. The molecule has 2 N–H and O–H groups in total. The minimum absolute atomic E-state index is 0.239. The van der Waals surface area contributed by atoms with Gasteiger partial charge in [0.1, 0.15) is 10.8 Å². The molecular formula is C15H20FN3OS. The monoisotopic (exact) mass is 309 g/mol. The van der Waals surface area contributed by atoms with Crippen molar-refractivity contribution in [1.82, 2.24) is 10.2 Å². The highest BCUT2D eigenvalue weighted by Crippen LogP contribution is 2.19.